The topological polar surface area (TPSA) is 61.7 Å². The molecule has 0 spiro atoms. The maximum atomic E-state index is 12.7. The molecule has 0 bridgehead atoms. The number of hydrogen-bond donors (Lipinski definition) is 2. The minimum atomic E-state index is 0. The maximum absolute atomic E-state index is 12.7. The normalized spacial score (nSPS) is 19.6. The molecule has 1 aliphatic carbocycles. The summed E-state index contributed by atoms with van der Waals surface area (Å²) in [6.07, 6.45) is 8.73. The quantitative estimate of drug-likeness (QED) is 0.243. The number of likely N-dealkylation sites (tertiary alicyclic amines) is 1. The molecule has 2 heterocycles. The smallest absolute Gasteiger partial charge is 0.225 e. The lowest BCUT2D eigenvalue weighted by molar-refractivity contribution is -0.134. The molecule has 1 atom stereocenters. The highest BCUT2D eigenvalue weighted by Gasteiger charge is 2.32. The summed E-state index contributed by atoms with van der Waals surface area (Å²) in [6, 6.07) is 11.0. The van der Waals surface area contributed by atoms with E-state index in [0.717, 1.165) is 64.4 Å². The number of carbonyl (C=O) groups excluding carboxylic acids is 1. The number of para-hydroxylation sites is 1. The zero-order valence-corrected chi connectivity index (χ0v) is 20.9. The molecule has 2 fully saturated rings. The Morgan fingerprint density at radius 2 is 1.97 bits per heavy atom. The molecule has 7 heteroatoms. The Morgan fingerprint density at radius 3 is 2.77 bits per heavy atom. The number of nitrogens with one attached hydrogen (secondary N) is 2. The van der Waals surface area contributed by atoms with E-state index in [-0.39, 0.29) is 29.9 Å². The average Bonchev–Trinajstić information content (AvgIpc) is 3.52. The molecule has 1 amide bonds. The van der Waals surface area contributed by atoms with Crippen LogP contribution in [0.15, 0.2) is 41.5 Å². The van der Waals surface area contributed by atoms with Gasteiger partial charge in [0, 0.05) is 56.4 Å². The van der Waals surface area contributed by atoms with E-state index in [4.69, 9.17) is 4.99 Å². The molecule has 170 valence electrons. The lowest BCUT2D eigenvalue weighted by Gasteiger charge is -2.21. The highest BCUT2D eigenvalue weighted by Crippen LogP contribution is 2.27. The standard InChI is InChI=1S/C24H35N5O.HI/c1-2-25-24(26-14-7-15-28-16-12-19-8-5-6-11-22(19)28)27-21-13-17-29(18-21)23(30)20-9-3-4-10-20;/h5-6,8,11-12,16,20-21H,2-4,7,9-10,13-15,17-18H2,1H3,(H2,25,26,27);1H. The lowest BCUT2D eigenvalue weighted by Crippen LogP contribution is -2.45. The van der Waals surface area contributed by atoms with Crippen molar-refractivity contribution in [2.24, 2.45) is 10.9 Å². The molecule has 1 saturated carbocycles. The van der Waals surface area contributed by atoms with Gasteiger partial charge in [0.15, 0.2) is 5.96 Å². The van der Waals surface area contributed by atoms with E-state index in [9.17, 15) is 4.79 Å². The van der Waals surface area contributed by atoms with E-state index in [1.54, 1.807) is 0 Å². The second kappa shape index (κ2) is 11.7. The summed E-state index contributed by atoms with van der Waals surface area (Å²) in [7, 11) is 0. The van der Waals surface area contributed by atoms with E-state index in [1.807, 2.05) is 0 Å². The number of carbonyl (C=O) groups is 1. The van der Waals surface area contributed by atoms with Crippen LogP contribution in [0.3, 0.4) is 0 Å². The van der Waals surface area contributed by atoms with Crippen LogP contribution in [0, 0.1) is 5.92 Å². The molecule has 6 nitrogen and oxygen atoms in total. The van der Waals surface area contributed by atoms with E-state index >= 15 is 0 Å². The van der Waals surface area contributed by atoms with E-state index in [0.29, 0.717) is 11.9 Å². The van der Waals surface area contributed by atoms with Gasteiger partial charge < -0.3 is 20.1 Å². The van der Waals surface area contributed by atoms with Crippen LogP contribution < -0.4 is 10.6 Å². The Morgan fingerprint density at radius 1 is 1.16 bits per heavy atom. The molecule has 1 aromatic carbocycles. The van der Waals surface area contributed by atoms with Crippen molar-refractivity contribution in [2.75, 3.05) is 26.2 Å². The number of rotatable bonds is 7. The van der Waals surface area contributed by atoms with Crippen LogP contribution >= 0.6 is 24.0 Å². The van der Waals surface area contributed by atoms with Crippen LogP contribution in [0.5, 0.6) is 0 Å². The molecule has 1 aromatic heterocycles. The second-order valence-electron chi connectivity index (χ2n) is 8.58. The van der Waals surface area contributed by atoms with Gasteiger partial charge in [-0.2, -0.15) is 0 Å². The van der Waals surface area contributed by atoms with Crippen LogP contribution in [0.4, 0.5) is 0 Å². The first-order valence-corrected chi connectivity index (χ1v) is 11.6. The minimum absolute atomic E-state index is 0. The summed E-state index contributed by atoms with van der Waals surface area (Å²) in [5.74, 6) is 1.52. The molecule has 4 rings (SSSR count). The number of amides is 1. The van der Waals surface area contributed by atoms with Crippen LogP contribution in [-0.4, -0.2) is 53.6 Å². The van der Waals surface area contributed by atoms with Crippen molar-refractivity contribution < 1.29 is 4.79 Å². The third kappa shape index (κ3) is 6.14. The molecule has 2 N–H and O–H groups in total. The second-order valence-corrected chi connectivity index (χ2v) is 8.58. The van der Waals surface area contributed by atoms with Crippen molar-refractivity contribution in [3.63, 3.8) is 0 Å². The van der Waals surface area contributed by atoms with Crippen molar-refractivity contribution in [1.82, 2.24) is 20.1 Å². The number of aromatic nitrogens is 1. The Labute approximate surface area is 202 Å². The summed E-state index contributed by atoms with van der Waals surface area (Å²) in [6.45, 7) is 6.34. The van der Waals surface area contributed by atoms with Crippen molar-refractivity contribution >= 4 is 46.7 Å². The molecular weight excluding hydrogens is 501 g/mol. The highest BCUT2D eigenvalue weighted by molar-refractivity contribution is 14.0. The van der Waals surface area contributed by atoms with Crippen molar-refractivity contribution in [3.8, 4) is 0 Å². The number of hydrogen-bond acceptors (Lipinski definition) is 2. The Kier molecular flexibility index (Phi) is 9.04. The van der Waals surface area contributed by atoms with Gasteiger partial charge in [0.25, 0.3) is 0 Å². The fraction of sp³-hybridized carbons (Fsp3) is 0.583. The van der Waals surface area contributed by atoms with Crippen LogP contribution in [-0.2, 0) is 11.3 Å². The largest absolute Gasteiger partial charge is 0.357 e. The van der Waals surface area contributed by atoms with Crippen molar-refractivity contribution in [2.45, 2.75) is 58.0 Å². The molecular formula is C24H36IN5O. The summed E-state index contributed by atoms with van der Waals surface area (Å²) in [5.41, 5.74) is 1.28. The zero-order valence-electron chi connectivity index (χ0n) is 18.6. The molecule has 2 aromatic rings. The van der Waals surface area contributed by atoms with E-state index in [2.05, 4.69) is 63.6 Å². The zero-order chi connectivity index (χ0) is 20.8. The lowest BCUT2D eigenvalue weighted by atomic mass is 10.1. The number of guanidine groups is 1. The molecule has 2 aliphatic rings. The average molecular weight is 537 g/mol. The summed E-state index contributed by atoms with van der Waals surface area (Å²) in [4.78, 5) is 19.5. The first kappa shape index (κ1) is 23.9. The monoisotopic (exact) mass is 537 g/mol. The number of aliphatic imine (C=N–C) groups is 1. The first-order chi connectivity index (χ1) is 14.7. The maximum Gasteiger partial charge on any atom is 0.225 e. The van der Waals surface area contributed by atoms with Crippen LogP contribution in [0.2, 0.25) is 0 Å². The third-order valence-electron chi connectivity index (χ3n) is 6.40. The first-order valence-electron chi connectivity index (χ1n) is 11.6. The van der Waals surface area contributed by atoms with Crippen LogP contribution in [0.25, 0.3) is 10.9 Å². The molecule has 1 saturated heterocycles. The number of benzene rings is 1. The van der Waals surface area contributed by atoms with Crippen LogP contribution in [0.1, 0.15) is 45.4 Å². The molecule has 1 aliphatic heterocycles. The fourth-order valence-corrected chi connectivity index (χ4v) is 4.79. The van der Waals surface area contributed by atoms with Gasteiger partial charge in [-0.3, -0.25) is 9.79 Å². The number of nitrogens with zero attached hydrogens (tertiary/aromatic N) is 3. The van der Waals surface area contributed by atoms with Gasteiger partial charge in [0.05, 0.1) is 0 Å². The fourth-order valence-electron chi connectivity index (χ4n) is 4.79. The van der Waals surface area contributed by atoms with Gasteiger partial charge in [0.1, 0.15) is 0 Å². The predicted octanol–water partition coefficient (Wildman–Crippen LogP) is 4.00. The van der Waals surface area contributed by atoms with Gasteiger partial charge >= 0.3 is 0 Å². The Balaban J connectivity index is 0.00000272. The van der Waals surface area contributed by atoms with Gasteiger partial charge in [-0.25, -0.2) is 0 Å². The van der Waals surface area contributed by atoms with Gasteiger partial charge in [-0.05, 0) is 50.1 Å². The van der Waals surface area contributed by atoms with E-state index in [1.165, 1.54) is 23.7 Å². The third-order valence-corrected chi connectivity index (χ3v) is 6.40. The van der Waals surface area contributed by atoms with Crippen molar-refractivity contribution in [1.29, 1.82) is 0 Å². The summed E-state index contributed by atoms with van der Waals surface area (Å²) in [5, 5.41) is 8.20. The summed E-state index contributed by atoms with van der Waals surface area (Å²) >= 11 is 0. The van der Waals surface area contributed by atoms with Crippen molar-refractivity contribution in [3.05, 3.63) is 36.5 Å². The minimum Gasteiger partial charge on any atom is -0.357 e. The summed E-state index contributed by atoms with van der Waals surface area (Å²) < 4.78 is 2.30. The van der Waals surface area contributed by atoms with Gasteiger partial charge in [0.2, 0.25) is 5.91 Å². The Bertz CT molecular complexity index is 874. The highest BCUT2D eigenvalue weighted by atomic mass is 127. The Hall–Kier alpha value is -1.77. The number of aryl methyl sites for hydroxylation is 1. The molecule has 31 heavy (non-hydrogen) atoms. The number of fused-ring (bicyclic) bond motifs is 1. The van der Waals surface area contributed by atoms with Gasteiger partial charge in [-0.1, -0.05) is 31.0 Å². The molecule has 0 radical (unpaired) electrons. The number of halogens is 1. The SMILES string of the molecule is CCNC(=NCCCn1ccc2ccccc21)NC1CCN(C(=O)C2CCCC2)C1.I. The van der Waals surface area contributed by atoms with E-state index < -0.39 is 0 Å². The van der Waals surface area contributed by atoms with Gasteiger partial charge in [-0.15, -0.1) is 24.0 Å². The predicted molar refractivity (Wildman–Crippen MR) is 138 cm³/mol. The molecule has 1 unspecified atom stereocenters.